The van der Waals surface area contributed by atoms with E-state index in [1.165, 1.54) is 6.34 Å². The van der Waals surface area contributed by atoms with Crippen molar-refractivity contribution in [2.75, 3.05) is 6.54 Å². The average Bonchev–Trinajstić information content (AvgIpc) is 3.82. The molecular weight excluding hydrogens is 594 g/mol. The van der Waals surface area contributed by atoms with Crippen LogP contribution < -0.4 is 21.7 Å². The second-order valence-corrected chi connectivity index (χ2v) is 16.8. The number of hydrogen-bond acceptors (Lipinski definition) is 6. The number of likely N-dealkylation sites (tertiary alicyclic amines) is 1. The second-order valence-electron chi connectivity index (χ2n) is 16.8. The van der Waals surface area contributed by atoms with Gasteiger partial charge in [0.2, 0.25) is 17.7 Å². The zero-order valence-corrected chi connectivity index (χ0v) is 29.5. The van der Waals surface area contributed by atoms with E-state index in [9.17, 15) is 19.2 Å². The molecule has 11 heteroatoms. The first kappa shape index (κ1) is 35.3. The molecule has 5 aliphatic rings. The third-order valence-electron chi connectivity index (χ3n) is 12.8. The Balaban J connectivity index is 1.41. The predicted molar refractivity (Wildman–Crippen MR) is 183 cm³/mol. The van der Waals surface area contributed by atoms with Crippen LogP contribution in [0.15, 0.2) is 4.99 Å². The van der Waals surface area contributed by atoms with Crippen LogP contribution in [-0.2, 0) is 19.2 Å². The molecule has 0 radical (unpaired) electrons. The van der Waals surface area contributed by atoms with Gasteiger partial charge in [-0.15, -0.1) is 0 Å². The van der Waals surface area contributed by atoms with Crippen molar-refractivity contribution in [1.82, 2.24) is 20.9 Å². The summed E-state index contributed by atoms with van der Waals surface area (Å²) in [6.45, 7) is 12.8. The largest absolute Gasteiger partial charge is 0.390 e. The van der Waals surface area contributed by atoms with E-state index < -0.39 is 35.5 Å². The molecule has 0 aromatic rings. The van der Waals surface area contributed by atoms with Crippen LogP contribution in [0.4, 0.5) is 0 Å². The first-order chi connectivity index (χ1) is 22.1. The number of hydrogen-bond donors (Lipinski definition) is 5. The minimum Gasteiger partial charge on any atom is -0.390 e. The standard InChI is InChI=1S/C36H59N7O4/c1-7-12-24(26(38)30(45)40-23-15-16-23)41-29(44)25-19-36(34(5,6)35(36)17-11-18-35)20-43(25)32(47)28(33(2,3)4)42-31(46)27(39-21-37)22-13-9-8-10-14-22/h21-25,27-28,38H,7-20H2,1-6H3,(H2,37,39)(H,40,45)(H,41,44)(H,42,46)/t24-,25-,27?,28+,36+/m0/s1. The van der Waals surface area contributed by atoms with Gasteiger partial charge in [-0.3, -0.25) is 29.6 Å². The van der Waals surface area contributed by atoms with Gasteiger partial charge in [-0.25, -0.2) is 0 Å². The van der Waals surface area contributed by atoms with E-state index in [2.05, 4.69) is 34.8 Å². The van der Waals surface area contributed by atoms with Crippen molar-refractivity contribution >= 4 is 35.7 Å². The maximum Gasteiger partial charge on any atom is 0.267 e. The van der Waals surface area contributed by atoms with Crippen LogP contribution >= 0.6 is 0 Å². The first-order valence-electron chi connectivity index (χ1n) is 18.2. The maximum atomic E-state index is 14.8. The fourth-order valence-electron chi connectivity index (χ4n) is 9.55. The average molecular weight is 654 g/mol. The molecule has 4 saturated carbocycles. The molecule has 4 amide bonds. The van der Waals surface area contributed by atoms with Crippen LogP contribution in [0, 0.1) is 33.0 Å². The highest BCUT2D eigenvalue weighted by atomic mass is 16.2. The number of amides is 4. The van der Waals surface area contributed by atoms with Gasteiger partial charge in [0.1, 0.15) is 23.8 Å². The Morgan fingerprint density at radius 3 is 2.17 bits per heavy atom. The highest BCUT2D eigenvalue weighted by molar-refractivity contribution is 6.40. The number of nitrogens with one attached hydrogen (secondary N) is 4. The highest BCUT2D eigenvalue weighted by Crippen LogP contribution is 2.88. The Labute approximate surface area is 280 Å². The summed E-state index contributed by atoms with van der Waals surface area (Å²) in [7, 11) is 0. The predicted octanol–water partition coefficient (Wildman–Crippen LogP) is 3.83. The molecular formula is C36H59N7O4. The SMILES string of the molecule is CCC[C@H](NC(=O)[C@@H]1C[C@@]2(CN1C(=O)[C@@H](NC(=O)C(N=CN)C1CCCCC1)C(C)(C)C)C(C)(C)C21CCC1)C(=N)C(=O)NC1CC1. The number of aliphatic imine (C=N–C) groups is 1. The monoisotopic (exact) mass is 653 g/mol. The fraction of sp³-hybridized carbons (Fsp3) is 0.833. The second kappa shape index (κ2) is 13.1. The molecule has 11 nitrogen and oxygen atoms in total. The van der Waals surface area contributed by atoms with Crippen molar-refractivity contribution in [2.24, 2.45) is 38.3 Å². The summed E-state index contributed by atoms with van der Waals surface area (Å²) >= 11 is 0. The Morgan fingerprint density at radius 1 is 1.00 bits per heavy atom. The smallest absolute Gasteiger partial charge is 0.267 e. The molecule has 6 N–H and O–H groups in total. The fourth-order valence-corrected chi connectivity index (χ4v) is 9.55. The normalized spacial score (nSPS) is 28.4. The zero-order chi connectivity index (χ0) is 34.4. The minimum absolute atomic E-state index is 0.0338. The van der Waals surface area contributed by atoms with Gasteiger partial charge in [0, 0.05) is 18.0 Å². The van der Waals surface area contributed by atoms with Crippen molar-refractivity contribution in [3.8, 4) is 0 Å². The molecule has 5 atom stereocenters. The number of carbonyl (C=O) groups is 4. The van der Waals surface area contributed by atoms with Crippen molar-refractivity contribution < 1.29 is 19.2 Å². The summed E-state index contributed by atoms with van der Waals surface area (Å²) in [5.41, 5.74) is 4.77. The van der Waals surface area contributed by atoms with E-state index in [0.717, 1.165) is 64.2 Å². The maximum absolute atomic E-state index is 14.8. The lowest BCUT2D eigenvalue weighted by Gasteiger charge is -2.37. The quantitative estimate of drug-likeness (QED) is 0.159. The molecule has 47 heavy (non-hydrogen) atoms. The van der Waals surface area contributed by atoms with Crippen LogP contribution in [0.3, 0.4) is 0 Å². The Morgan fingerprint density at radius 2 is 1.66 bits per heavy atom. The lowest BCUT2D eigenvalue weighted by molar-refractivity contribution is -0.144. The van der Waals surface area contributed by atoms with E-state index in [0.29, 0.717) is 25.8 Å². The van der Waals surface area contributed by atoms with E-state index in [1.54, 1.807) is 4.90 Å². The van der Waals surface area contributed by atoms with Gasteiger partial charge in [-0.05, 0) is 73.5 Å². The molecule has 2 spiro atoms. The Hall–Kier alpha value is -2.98. The lowest BCUT2D eigenvalue weighted by atomic mass is 9.73. The summed E-state index contributed by atoms with van der Waals surface area (Å²) in [5, 5.41) is 17.6. The molecule has 5 rings (SSSR count). The summed E-state index contributed by atoms with van der Waals surface area (Å²) in [6.07, 6.45) is 13.0. The highest BCUT2D eigenvalue weighted by Gasteiger charge is 2.85. The van der Waals surface area contributed by atoms with Gasteiger partial charge in [0.15, 0.2) is 0 Å². The first-order valence-corrected chi connectivity index (χ1v) is 18.2. The number of rotatable bonds is 12. The van der Waals surface area contributed by atoms with Crippen molar-refractivity contribution in [1.29, 1.82) is 5.41 Å². The van der Waals surface area contributed by atoms with Crippen LogP contribution in [0.2, 0.25) is 0 Å². The van der Waals surface area contributed by atoms with Crippen molar-refractivity contribution in [3.63, 3.8) is 0 Å². The lowest BCUT2D eigenvalue weighted by Crippen LogP contribution is -2.60. The molecule has 5 fully saturated rings. The van der Waals surface area contributed by atoms with Gasteiger partial charge in [0.25, 0.3) is 5.91 Å². The molecule has 262 valence electrons. The van der Waals surface area contributed by atoms with Crippen LogP contribution in [0.1, 0.15) is 125 Å². The number of nitrogens with two attached hydrogens (primary N) is 1. The van der Waals surface area contributed by atoms with Gasteiger partial charge in [0.05, 0.1) is 12.4 Å². The number of nitrogens with zero attached hydrogens (tertiary/aromatic N) is 2. The van der Waals surface area contributed by atoms with Crippen molar-refractivity contribution in [3.05, 3.63) is 0 Å². The van der Waals surface area contributed by atoms with Crippen LogP contribution in [-0.4, -0.2) is 77.3 Å². The molecule has 1 unspecified atom stereocenters. The topological polar surface area (TPSA) is 170 Å². The molecule has 4 aliphatic carbocycles. The molecule has 1 aliphatic heterocycles. The van der Waals surface area contributed by atoms with Gasteiger partial charge < -0.3 is 26.6 Å². The van der Waals surface area contributed by atoms with E-state index in [1.807, 2.05) is 27.7 Å². The molecule has 1 saturated heterocycles. The third-order valence-corrected chi connectivity index (χ3v) is 12.8. The van der Waals surface area contributed by atoms with E-state index >= 15 is 0 Å². The summed E-state index contributed by atoms with van der Waals surface area (Å²) in [6, 6.07) is -2.94. The van der Waals surface area contributed by atoms with Crippen molar-refractivity contribution in [2.45, 2.75) is 155 Å². The Bertz CT molecular complexity index is 1270. The summed E-state index contributed by atoms with van der Waals surface area (Å²) in [4.78, 5) is 61.9. The number of carbonyl (C=O) groups excluding carboxylic acids is 4. The minimum atomic E-state index is -0.882. The molecule has 0 aromatic heterocycles. The zero-order valence-electron chi connectivity index (χ0n) is 29.5. The molecule has 0 bridgehead atoms. The van der Waals surface area contributed by atoms with E-state index in [-0.39, 0.29) is 51.6 Å². The molecule has 0 aromatic carbocycles. The van der Waals surface area contributed by atoms with Crippen LogP contribution in [0.5, 0.6) is 0 Å². The van der Waals surface area contributed by atoms with Crippen LogP contribution in [0.25, 0.3) is 0 Å². The van der Waals surface area contributed by atoms with Gasteiger partial charge in [-0.2, -0.15) is 0 Å². The molecule has 1 heterocycles. The summed E-state index contributed by atoms with van der Waals surface area (Å²) < 4.78 is 0. The summed E-state index contributed by atoms with van der Waals surface area (Å²) in [5.74, 6) is -1.28. The third kappa shape index (κ3) is 6.32. The van der Waals surface area contributed by atoms with E-state index in [4.69, 9.17) is 11.1 Å². The van der Waals surface area contributed by atoms with Gasteiger partial charge in [-0.1, -0.05) is 73.6 Å². The number of fused-ring (bicyclic) bond motifs is 1. The van der Waals surface area contributed by atoms with Gasteiger partial charge >= 0.3 is 0 Å². The Kier molecular flexibility index (Phi) is 9.88.